The molecule has 0 atom stereocenters. The van der Waals surface area contributed by atoms with E-state index in [9.17, 15) is 0 Å². The monoisotopic (exact) mass is 265 g/mol. The fourth-order valence-electron chi connectivity index (χ4n) is 1.86. The third-order valence-electron chi connectivity index (χ3n) is 2.86. The van der Waals surface area contributed by atoms with Crippen molar-refractivity contribution in [3.8, 4) is 0 Å². The summed E-state index contributed by atoms with van der Waals surface area (Å²) in [4.78, 5) is 4.57. The molecule has 2 aromatic heterocycles. The van der Waals surface area contributed by atoms with Crippen LogP contribution in [-0.2, 0) is 6.54 Å². The van der Waals surface area contributed by atoms with E-state index in [4.69, 9.17) is 5.73 Å². The van der Waals surface area contributed by atoms with Crippen LogP contribution in [0.1, 0.15) is 30.1 Å². The molecule has 1 aliphatic rings. The van der Waals surface area contributed by atoms with Gasteiger partial charge in [-0.1, -0.05) is 6.07 Å². The number of hydrogen-bond acceptors (Lipinski definition) is 2. The molecular formula is C11H12BrN3. The van der Waals surface area contributed by atoms with E-state index in [0.29, 0.717) is 12.5 Å². The average molecular weight is 266 g/mol. The van der Waals surface area contributed by atoms with Crippen molar-refractivity contribution < 1.29 is 0 Å². The molecule has 2 heterocycles. The second kappa shape index (κ2) is 3.32. The molecule has 0 unspecified atom stereocenters. The molecule has 2 aromatic rings. The summed E-state index contributed by atoms with van der Waals surface area (Å²) in [6.07, 6.45) is 4.62. The van der Waals surface area contributed by atoms with Gasteiger partial charge in [-0.2, -0.15) is 0 Å². The summed E-state index contributed by atoms with van der Waals surface area (Å²) in [6, 6.07) is 4.13. The normalized spacial score (nSPS) is 16.1. The molecular weight excluding hydrogens is 254 g/mol. The fourth-order valence-corrected chi connectivity index (χ4v) is 2.37. The minimum atomic E-state index is 0.579. The van der Waals surface area contributed by atoms with Crippen LogP contribution in [0.2, 0.25) is 0 Å². The van der Waals surface area contributed by atoms with Gasteiger partial charge in [-0.15, -0.1) is 0 Å². The van der Waals surface area contributed by atoms with Crippen LogP contribution in [0.25, 0.3) is 5.52 Å². The second-order valence-corrected chi connectivity index (χ2v) is 4.78. The van der Waals surface area contributed by atoms with E-state index >= 15 is 0 Å². The Kier molecular flexibility index (Phi) is 2.07. The van der Waals surface area contributed by atoms with Crippen molar-refractivity contribution >= 4 is 21.4 Å². The summed E-state index contributed by atoms with van der Waals surface area (Å²) < 4.78 is 3.11. The lowest BCUT2D eigenvalue weighted by Gasteiger charge is -2.01. The molecule has 0 spiro atoms. The van der Waals surface area contributed by atoms with Gasteiger partial charge in [-0.25, -0.2) is 4.98 Å². The van der Waals surface area contributed by atoms with Gasteiger partial charge in [-0.05, 0) is 40.4 Å². The number of aromatic nitrogens is 2. The third-order valence-corrected chi connectivity index (χ3v) is 3.44. The van der Waals surface area contributed by atoms with Crippen LogP contribution < -0.4 is 5.73 Å². The summed E-state index contributed by atoms with van der Waals surface area (Å²) in [5.74, 6) is 1.82. The maximum absolute atomic E-state index is 5.64. The van der Waals surface area contributed by atoms with E-state index in [0.717, 1.165) is 15.7 Å². The zero-order chi connectivity index (χ0) is 10.4. The first kappa shape index (κ1) is 9.36. The number of hydrogen-bond donors (Lipinski definition) is 1. The lowest BCUT2D eigenvalue weighted by molar-refractivity contribution is 0.905. The van der Waals surface area contributed by atoms with Gasteiger partial charge in [0.15, 0.2) is 0 Å². The number of nitrogens with zero attached hydrogens (tertiary/aromatic N) is 2. The van der Waals surface area contributed by atoms with E-state index in [-0.39, 0.29) is 0 Å². The van der Waals surface area contributed by atoms with Gasteiger partial charge in [0.25, 0.3) is 0 Å². The van der Waals surface area contributed by atoms with Gasteiger partial charge in [0.1, 0.15) is 10.4 Å². The minimum absolute atomic E-state index is 0.579. The van der Waals surface area contributed by atoms with E-state index in [2.05, 4.69) is 43.6 Å². The highest BCUT2D eigenvalue weighted by molar-refractivity contribution is 9.10. The van der Waals surface area contributed by atoms with E-state index in [1.54, 1.807) is 0 Å². The molecule has 0 bridgehead atoms. The maximum atomic E-state index is 5.64. The van der Waals surface area contributed by atoms with Crippen LogP contribution >= 0.6 is 15.9 Å². The van der Waals surface area contributed by atoms with Gasteiger partial charge in [-0.3, -0.25) is 0 Å². The van der Waals surface area contributed by atoms with Crippen molar-refractivity contribution in [3.63, 3.8) is 0 Å². The lowest BCUT2D eigenvalue weighted by atomic mass is 10.2. The molecule has 3 nitrogen and oxygen atoms in total. The highest BCUT2D eigenvalue weighted by atomic mass is 79.9. The molecule has 1 aliphatic carbocycles. The summed E-state index contributed by atoms with van der Waals surface area (Å²) >= 11 is 3.50. The molecule has 2 N–H and O–H groups in total. The summed E-state index contributed by atoms with van der Waals surface area (Å²) in [5.41, 5.74) is 7.92. The number of imidazole rings is 1. The predicted molar refractivity (Wildman–Crippen MR) is 62.8 cm³/mol. The maximum Gasteiger partial charge on any atom is 0.132 e. The Morgan fingerprint density at radius 3 is 2.93 bits per heavy atom. The molecule has 0 saturated heterocycles. The Balaban J connectivity index is 2.26. The van der Waals surface area contributed by atoms with Crippen LogP contribution in [0.4, 0.5) is 0 Å². The number of nitrogens with two attached hydrogens (primary N) is 1. The van der Waals surface area contributed by atoms with Gasteiger partial charge in [0, 0.05) is 18.7 Å². The van der Waals surface area contributed by atoms with Crippen LogP contribution in [0.5, 0.6) is 0 Å². The van der Waals surface area contributed by atoms with Crippen LogP contribution in [-0.4, -0.2) is 9.38 Å². The van der Waals surface area contributed by atoms with Crippen molar-refractivity contribution in [2.24, 2.45) is 5.73 Å². The van der Waals surface area contributed by atoms with Crippen molar-refractivity contribution in [1.82, 2.24) is 9.38 Å². The molecule has 0 aliphatic heterocycles. The quantitative estimate of drug-likeness (QED) is 0.907. The van der Waals surface area contributed by atoms with Gasteiger partial charge in [0.05, 0.1) is 5.52 Å². The summed E-state index contributed by atoms with van der Waals surface area (Å²) in [7, 11) is 0. The molecule has 78 valence electrons. The fraction of sp³-hybridized carbons (Fsp3) is 0.364. The summed E-state index contributed by atoms with van der Waals surface area (Å²) in [6.45, 7) is 0.579. The van der Waals surface area contributed by atoms with E-state index in [1.807, 2.05) is 0 Å². The number of pyridine rings is 1. The van der Waals surface area contributed by atoms with Crippen molar-refractivity contribution in [1.29, 1.82) is 0 Å². The Bertz CT molecular complexity index is 514. The van der Waals surface area contributed by atoms with Gasteiger partial charge in [0.2, 0.25) is 0 Å². The van der Waals surface area contributed by atoms with E-state index < -0.39 is 0 Å². The molecule has 4 heteroatoms. The smallest absolute Gasteiger partial charge is 0.132 e. The Morgan fingerprint density at radius 1 is 1.47 bits per heavy atom. The van der Waals surface area contributed by atoms with Crippen molar-refractivity contribution in [2.75, 3.05) is 0 Å². The number of fused-ring (bicyclic) bond motifs is 1. The lowest BCUT2D eigenvalue weighted by Crippen LogP contribution is -1.99. The molecule has 0 amide bonds. The van der Waals surface area contributed by atoms with Gasteiger partial charge < -0.3 is 10.1 Å². The molecule has 0 radical (unpaired) electrons. The Labute approximate surface area is 96.4 Å². The zero-order valence-electron chi connectivity index (χ0n) is 8.28. The first-order valence-electron chi connectivity index (χ1n) is 5.16. The molecule has 15 heavy (non-hydrogen) atoms. The average Bonchev–Trinajstić information content (AvgIpc) is 3.04. The highest BCUT2D eigenvalue weighted by Gasteiger charge is 2.28. The highest BCUT2D eigenvalue weighted by Crippen LogP contribution is 2.40. The van der Waals surface area contributed by atoms with Crippen LogP contribution in [0.3, 0.4) is 0 Å². The number of rotatable bonds is 2. The SMILES string of the molecule is NCc1ccc2c(Br)nc(C3CC3)n2c1. The molecule has 3 rings (SSSR count). The largest absolute Gasteiger partial charge is 0.326 e. The predicted octanol–water partition coefficient (Wildman–Crippen LogP) is 2.43. The second-order valence-electron chi connectivity index (χ2n) is 4.03. The number of halogens is 1. The zero-order valence-corrected chi connectivity index (χ0v) is 9.87. The molecule has 0 aromatic carbocycles. The van der Waals surface area contributed by atoms with Crippen molar-refractivity contribution in [3.05, 3.63) is 34.3 Å². The van der Waals surface area contributed by atoms with Crippen molar-refractivity contribution in [2.45, 2.75) is 25.3 Å². The summed E-state index contributed by atoms with van der Waals surface area (Å²) in [5, 5.41) is 0. The Hall–Kier alpha value is -0.870. The minimum Gasteiger partial charge on any atom is -0.326 e. The van der Waals surface area contributed by atoms with Crippen LogP contribution in [0, 0.1) is 0 Å². The first-order chi connectivity index (χ1) is 7.29. The molecule has 1 fully saturated rings. The van der Waals surface area contributed by atoms with Crippen LogP contribution in [0.15, 0.2) is 22.9 Å². The third kappa shape index (κ3) is 1.48. The van der Waals surface area contributed by atoms with E-state index in [1.165, 1.54) is 18.7 Å². The first-order valence-corrected chi connectivity index (χ1v) is 5.95. The van der Waals surface area contributed by atoms with Gasteiger partial charge >= 0.3 is 0 Å². The Morgan fingerprint density at radius 2 is 2.27 bits per heavy atom. The molecule has 1 saturated carbocycles. The topological polar surface area (TPSA) is 43.3 Å². The standard InChI is InChI=1S/C11H12BrN3/c12-10-9-4-1-7(5-13)6-15(9)11(14-10)8-2-3-8/h1,4,6,8H,2-3,5,13H2.